The van der Waals surface area contributed by atoms with Crippen LogP contribution < -0.4 is 10.5 Å². The summed E-state index contributed by atoms with van der Waals surface area (Å²) in [5.41, 5.74) is 7.61. The van der Waals surface area contributed by atoms with Gasteiger partial charge in [-0.1, -0.05) is 32.0 Å². The molecule has 1 aromatic heterocycles. The van der Waals surface area contributed by atoms with Crippen LogP contribution in [0.5, 0.6) is 5.75 Å². The van der Waals surface area contributed by atoms with Crippen molar-refractivity contribution in [3.63, 3.8) is 0 Å². The lowest BCUT2D eigenvalue weighted by Gasteiger charge is -2.22. The molecule has 3 nitrogen and oxygen atoms in total. The number of rotatable bonds is 4. The number of benzene rings is 1. The number of nitrogens with zero attached hydrogens (tertiary/aromatic N) is 1. The summed E-state index contributed by atoms with van der Waals surface area (Å²) in [5.74, 6) is 0.831. The molecule has 0 aliphatic heterocycles. The van der Waals surface area contributed by atoms with Gasteiger partial charge in [-0.05, 0) is 19.1 Å². The van der Waals surface area contributed by atoms with Crippen molar-refractivity contribution in [3.8, 4) is 5.75 Å². The van der Waals surface area contributed by atoms with Gasteiger partial charge in [-0.3, -0.25) is 0 Å². The van der Waals surface area contributed by atoms with E-state index in [4.69, 9.17) is 10.5 Å². The molecule has 0 saturated carbocycles. The van der Waals surface area contributed by atoms with Gasteiger partial charge in [0.25, 0.3) is 0 Å². The smallest absolute Gasteiger partial charge is 0.145 e. The second-order valence-electron chi connectivity index (χ2n) is 5.44. The molecule has 18 heavy (non-hydrogen) atoms. The van der Waals surface area contributed by atoms with E-state index >= 15 is 0 Å². The third kappa shape index (κ3) is 2.79. The Hall–Kier alpha value is -1.61. The second kappa shape index (κ2) is 4.94. The highest BCUT2D eigenvalue weighted by molar-refractivity contribution is 5.84. The SMILES string of the molecule is Cc1ccc2cccc(OCC(C)(C)CN)c2n1. The predicted octanol–water partition coefficient (Wildman–Crippen LogP) is 2.91. The third-order valence-corrected chi connectivity index (χ3v) is 2.99. The summed E-state index contributed by atoms with van der Waals surface area (Å²) in [7, 11) is 0. The zero-order chi connectivity index (χ0) is 13.2. The zero-order valence-corrected chi connectivity index (χ0v) is 11.2. The Bertz CT molecular complexity index is 549. The minimum atomic E-state index is -0.0218. The van der Waals surface area contributed by atoms with Gasteiger partial charge in [0.2, 0.25) is 0 Å². The maximum Gasteiger partial charge on any atom is 0.145 e. The maximum absolute atomic E-state index is 5.89. The summed E-state index contributed by atoms with van der Waals surface area (Å²) in [4.78, 5) is 4.55. The molecular formula is C15H20N2O. The average molecular weight is 244 g/mol. The van der Waals surface area contributed by atoms with Crippen molar-refractivity contribution in [3.05, 3.63) is 36.0 Å². The first-order valence-corrected chi connectivity index (χ1v) is 6.21. The molecule has 1 aromatic carbocycles. The fourth-order valence-electron chi connectivity index (χ4n) is 1.67. The summed E-state index contributed by atoms with van der Waals surface area (Å²) in [5, 5.41) is 1.10. The molecule has 2 aromatic rings. The molecule has 0 atom stereocenters. The van der Waals surface area contributed by atoms with Crippen LogP contribution in [-0.4, -0.2) is 18.1 Å². The molecule has 2 rings (SSSR count). The highest BCUT2D eigenvalue weighted by Crippen LogP contribution is 2.25. The van der Waals surface area contributed by atoms with E-state index in [9.17, 15) is 0 Å². The van der Waals surface area contributed by atoms with Crippen LogP contribution in [0.1, 0.15) is 19.5 Å². The van der Waals surface area contributed by atoms with Crippen molar-refractivity contribution >= 4 is 10.9 Å². The molecule has 96 valence electrons. The van der Waals surface area contributed by atoms with Crippen LogP contribution in [0.25, 0.3) is 10.9 Å². The van der Waals surface area contributed by atoms with Crippen LogP contribution in [0.15, 0.2) is 30.3 Å². The number of para-hydroxylation sites is 1. The molecule has 0 radical (unpaired) electrons. The molecule has 0 saturated heterocycles. The molecule has 0 amide bonds. The lowest BCUT2D eigenvalue weighted by molar-refractivity contribution is 0.189. The largest absolute Gasteiger partial charge is 0.491 e. The number of fused-ring (bicyclic) bond motifs is 1. The van der Waals surface area contributed by atoms with Gasteiger partial charge in [-0.25, -0.2) is 4.98 Å². The number of nitrogens with two attached hydrogens (primary N) is 1. The van der Waals surface area contributed by atoms with E-state index in [2.05, 4.69) is 24.9 Å². The van der Waals surface area contributed by atoms with Crippen LogP contribution in [0, 0.1) is 12.3 Å². The van der Waals surface area contributed by atoms with Crippen LogP contribution >= 0.6 is 0 Å². The number of hydrogen-bond acceptors (Lipinski definition) is 3. The first kappa shape index (κ1) is 12.8. The first-order chi connectivity index (χ1) is 8.52. The topological polar surface area (TPSA) is 48.1 Å². The minimum Gasteiger partial charge on any atom is -0.491 e. The van der Waals surface area contributed by atoms with Crippen LogP contribution in [0.4, 0.5) is 0 Å². The van der Waals surface area contributed by atoms with E-state index in [1.807, 2.05) is 31.2 Å². The second-order valence-corrected chi connectivity index (χ2v) is 5.44. The van der Waals surface area contributed by atoms with Gasteiger partial charge in [-0.2, -0.15) is 0 Å². The predicted molar refractivity (Wildman–Crippen MR) is 74.8 cm³/mol. The summed E-state index contributed by atoms with van der Waals surface area (Å²) in [6.45, 7) is 7.37. The summed E-state index contributed by atoms with van der Waals surface area (Å²) in [6.07, 6.45) is 0. The Morgan fingerprint density at radius 3 is 2.72 bits per heavy atom. The molecule has 0 fully saturated rings. The standard InChI is InChI=1S/C15H20N2O/c1-11-7-8-12-5-4-6-13(14(12)17-11)18-10-15(2,3)9-16/h4-8H,9-10,16H2,1-3H3. The number of aryl methyl sites for hydroxylation is 1. The Labute approximate surface area is 108 Å². The maximum atomic E-state index is 5.89. The first-order valence-electron chi connectivity index (χ1n) is 6.21. The van der Waals surface area contributed by atoms with Crippen LogP contribution in [0.3, 0.4) is 0 Å². The molecule has 3 heteroatoms. The summed E-state index contributed by atoms with van der Waals surface area (Å²) < 4.78 is 5.89. The van der Waals surface area contributed by atoms with E-state index < -0.39 is 0 Å². The Balaban J connectivity index is 2.30. The van der Waals surface area contributed by atoms with Crippen LogP contribution in [-0.2, 0) is 0 Å². The lowest BCUT2D eigenvalue weighted by Crippen LogP contribution is -2.30. The monoisotopic (exact) mass is 244 g/mol. The molecule has 2 N–H and O–H groups in total. The van der Waals surface area contributed by atoms with Crippen molar-refractivity contribution in [1.82, 2.24) is 4.98 Å². The third-order valence-electron chi connectivity index (χ3n) is 2.99. The highest BCUT2D eigenvalue weighted by Gasteiger charge is 2.17. The molecular weight excluding hydrogens is 224 g/mol. The molecule has 0 bridgehead atoms. The average Bonchev–Trinajstić information content (AvgIpc) is 2.36. The molecule has 1 heterocycles. The van der Waals surface area contributed by atoms with Gasteiger partial charge in [-0.15, -0.1) is 0 Å². The fraction of sp³-hybridized carbons (Fsp3) is 0.400. The highest BCUT2D eigenvalue weighted by atomic mass is 16.5. The molecule has 0 unspecified atom stereocenters. The van der Waals surface area contributed by atoms with E-state index in [-0.39, 0.29) is 5.41 Å². The number of hydrogen-bond donors (Lipinski definition) is 1. The quantitative estimate of drug-likeness (QED) is 0.899. The number of pyridine rings is 1. The number of aromatic nitrogens is 1. The molecule has 0 aliphatic rings. The van der Waals surface area contributed by atoms with Crippen molar-refractivity contribution in [2.24, 2.45) is 11.1 Å². The van der Waals surface area contributed by atoms with Crippen LogP contribution in [0.2, 0.25) is 0 Å². The zero-order valence-electron chi connectivity index (χ0n) is 11.2. The van der Waals surface area contributed by atoms with Crippen molar-refractivity contribution < 1.29 is 4.74 Å². The summed E-state index contributed by atoms with van der Waals surface area (Å²) in [6, 6.07) is 10.1. The molecule has 0 spiro atoms. The molecule has 0 aliphatic carbocycles. The lowest BCUT2D eigenvalue weighted by atomic mass is 9.95. The van der Waals surface area contributed by atoms with E-state index in [0.29, 0.717) is 13.2 Å². The fourth-order valence-corrected chi connectivity index (χ4v) is 1.67. The number of ether oxygens (including phenoxy) is 1. The van der Waals surface area contributed by atoms with Gasteiger partial charge in [0.15, 0.2) is 0 Å². The van der Waals surface area contributed by atoms with Gasteiger partial charge in [0.1, 0.15) is 11.3 Å². The van der Waals surface area contributed by atoms with Gasteiger partial charge < -0.3 is 10.5 Å². The van der Waals surface area contributed by atoms with Crippen molar-refractivity contribution in [2.45, 2.75) is 20.8 Å². The van der Waals surface area contributed by atoms with Gasteiger partial charge >= 0.3 is 0 Å². The Kier molecular flexibility index (Phi) is 3.53. The van der Waals surface area contributed by atoms with Crippen molar-refractivity contribution in [1.29, 1.82) is 0 Å². The Morgan fingerprint density at radius 2 is 2.00 bits per heavy atom. The van der Waals surface area contributed by atoms with E-state index in [1.165, 1.54) is 0 Å². The normalized spacial score (nSPS) is 11.8. The van der Waals surface area contributed by atoms with E-state index in [1.54, 1.807) is 0 Å². The van der Waals surface area contributed by atoms with Gasteiger partial charge in [0, 0.05) is 23.0 Å². The minimum absolute atomic E-state index is 0.0218. The van der Waals surface area contributed by atoms with Gasteiger partial charge in [0.05, 0.1) is 6.61 Å². The van der Waals surface area contributed by atoms with Crippen molar-refractivity contribution in [2.75, 3.05) is 13.2 Å². The Morgan fingerprint density at radius 1 is 1.22 bits per heavy atom. The summed E-state index contributed by atoms with van der Waals surface area (Å²) >= 11 is 0. The van der Waals surface area contributed by atoms with E-state index in [0.717, 1.165) is 22.3 Å².